The number of hydrogen-bond acceptors (Lipinski definition) is 3. The van der Waals surface area contributed by atoms with E-state index in [9.17, 15) is 14.0 Å². The molecule has 0 radical (unpaired) electrons. The fourth-order valence-electron chi connectivity index (χ4n) is 1.49. The van der Waals surface area contributed by atoms with Crippen molar-refractivity contribution in [1.82, 2.24) is 10.2 Å². The van der Waals surface area contributed by atoms with Crippen LogP contribution in [-0.4, -0.2) is 37.4 Å². The predicted octanol–water partition coefficient (Wildman–Crippen LogP) is 0.492. The molecule has 0 saturated heterocycles. The summed E-state index contributed by atoms with van der Waals surface area (Å²) in [6, 6.07) is 4.11. The summed E-state index contributed by atoms with van der Waals surface area (Å²) in [7, 11) is 3.37. The van der Waals surface area contributed by atoms with E-state index in [0.29, 0.717) is 25.1 Å². The van der Waals surface area contributed by atoms with Gasteiger partial charge in [-0.15, -0.1) is 0 Å². The largest absolute Gasteiger partial charge is 0.366 e. The lowest BCUT2D eigenvalue weighted by atomic mass is 10.1. The van der Waals surface area contributed by atoms with Crippen molar-refractivity contribution in [2.45, 2.75) is 13.0 Å². The molecule has 2 amide bonds. The first-order valence-corrected chi connectivity index (χ1v) is 5.91. The molecule has 6 heteroatoms. The standard InChI is InChI=1S/C13H18FN3O2/c1-17(2)12(18)5-6-16-8-10-4-3-9(13(15)19)7-11(10)14/h3-4,7,16H,5-6,8H2,1-2H3,(H2,15,19). The van der Waals surface area contributed by atoms with Crippen molar-refractivity contribution in [1.29, 1.82) is 0 Å². The zero-order chi connectivity index (χ0) is 14.4. The Hall–Kier alpha value is -1.95. The maximum atomic E-state index is 13.6. The molecule has 0 aliphatic carbocycles. The molecule has 0 atom stereocenters. The van der Waals surface area contributed by atoms with E-state index >= 15 is 0 Å². The number of rotatable bonds is 6. The van der Waals surface area contributed by atoms with E-state index in [1.54, 1.807) is 14.1 Å². The Kier molecular flexibility index (Phi) is 5.44. The van der Waals surface area contributed by atoms with Gasteiger partial charge in [-0.3, -0.25) is 9.59 Å². The van der Waals surface area contributed by atoms with Gasteiger partial charge < -0.3 is 16.0 Å². The minimum atomic E-state index is -0.657. The Morgan fingerprint density at radius 3 is 2.58 bits per heavy atom. The van der Waals surface area contributed by atoms with Crippen LogP contribution in [0.2, 0.25) is 0 Å². The predicted molar refractivity (Wildman–Crippen MR) is 69.9 cm³/mol. The molecule has 0 spiro atoms. The number of nitrogens with one attached hydrogen (secondary N) is 1. The van der Waals surface area contributed by atoms with Gasteiger partial charge in [-0.25, -0.2) is 4.39 Å². The van der Waals surface area contributed by atoms with E-state index in [1.807, 2.05) is 0 Å². The summed E-state index contributed by atoms with van der Waals surface area (Å²) in [4.78, 5) is 23.7. The van der Waals surface area contributed by atoms with Crippen LogP contribution >= 0.6 is 0 Å². The number of hydrogen-bond donors (Lipinski definition) is 2. The molecule has 1 rings (SSSR count). The van der Waals surface area contributed by atoms with Gasteiger partial charge in [-0.05, 0) is 12.1 Å². The second kappa shape index (κ2) is 6.84. The number of primary amides is 1. The van der Waals surface area contributed by atoms with Gasteiger partial charge in [0.2, 0.25) is 11.8 Å². The molecular formula is C13H18FN3O2. The molecule has 104 valence electrons. The third-order valence-electron chi connectivity index (χ3n) is 2.67. The zero-order valence-electron chi connectivity index (χ0n) is 11.1. The van der Waals surface area contributed by atoms with E-state index in [-0.39, 0.29) is 11.5 Å². The van der Waals surface area contributed by atoms with Gasteiger partial charge in [0.1, 0.15) is 5.82 Å². The normalized spacial score (nSPS) is 10.3. The third kappa shape index (κ3) is 4.67. The lowest BCUT2D eigenvalue weighted by Crippen LogP contribution is -2.26. The Balaban J connectivity index is 2.46. The average Bonchev–Trinajstić information content (AvgIpc) is 2.35. The maximum Gasteiger partial charge on any atom is 0.248 e. The van der Waals surface area contributed by atoms with Crippen LogP contribution in [0.3, 0.4) is 0 Å². The number of nitrogens with two attached hydrogens (primary N) is 1. The summed E-state index contributed by atoms with van der Waals surface area (Å²) in [5, 5.41) is 2.97. The minimum Gasteiger partial charge on any atom is -0.366 e. The van der Waals surface area contributed by atoms with E-state index in [2.05, 4.69) is 5.32 Å². The van der Waals surface area contributed by atoms with Gasteiger partial charge in [0.15, 0.2) is 0 Å². The molecule has 0 fully saturated rings. The van der Waals surface area contributed by atoms with Crippen LogP contribution in [0, 0.1) is 5.82 Å². The van der Waals surface area contributed by atoms with Crippen LogP contribution in [0.5, 0.6) is 0 Å². The van der Waals surface area contributed by atoms with E-state index in [0.717, 1.165) is 6.07 Å². The molecule has 1 aromatic carbocycles. The van der Waals surface area contributed by atoms with Crippen molar-refractivity contribution in [2.24, 2.45) is 5.73 Å². The number of carbonyl (C=O) groups is 2. The molecule has 0 bridgehead atoms. The minimum absolute atomic E-state index is 0.0112. The van der Waals surface area contributed by atoms with Crippen LogP contribution in [-0.2, 0) is 11.3 Å². The van der Waals surface area contributed by atoms with Gasteiger partial charge in [0.25, 0.3) is 0 Å². The number of nitrogens with zero attached hydrogens (tertiary/aromatic N) is 1. The molecule has 0 saturated carbocycles. The highest BCUT2D eigenvalue weighted by molar-refractivity contribution is 5.92. The Morgan fingerprint density at radius 1 is 1.37 bits per heavy atom. The fourth-order valence-corrected chi connectivity index (χ4v) is 1.49. The monoisotopic (exact) mass is 267 g/mol. The summed E-state index contributed by atoms with van der Waals surface area (Å²) in [6.07, 6.45) is 0.355. The van der Waals surface area contributed by atoms with E-state index in [1.165, 1.54) is 17.0 Å². The number of amides is 2. The molecule has 0 heterocycles. The number of halogens is 1. The van der Waals surface area contributed by atoms with Crippen molar-refractivity contribution in [3.05, 3.63) is 35.1 Å². The fraction of sp³-hybridized carbons (Fsp3) is 0.385. The van der Waals surface area contributed by atoms with Crippen LogP contribution < -0.4 is 11.1 Å². The van der Waals surface area contributed by atoms with Gasteiger partial charge in [0, 0.05) is 44.7 Å². The summed E-state index contributed by atoms with van der Waals surface area (Å²) >= 11 is 0. The molecule has 3 N–H and O–H groups in total. The maximum absolute atomic E-state index is 13.6. The van der Waals surface area contributed by atoms with Gasteiger partial charge in [-0.1, -0.05) is 6.07 Å². The van der Waals surface area contributed by atoms with Crippen LogP contribution in [0.1, 0.15) is 22.3 Å². The highest BCUT2D eigenvalue weighted by atomic mass is 19.1. The molecular weight excluding hydrogens is 249 g/mol. The van der Waals surface area contributed by atoms with Crippen molar-refractivity contribution in [3.8, 4) is 0 Å². The van der Waals surface area contributed by atoms with Crippen molar-refractivity contribution < 1.29 is 14.0 Å². The van der Waals surface area contributed by atoms with Crippen molar-refractivity contribution in [2.75, 3.05) is 20.6 Å². The first kappa shape index (κ1) is 15.1. The topological polar surface area (TPSA) is 75.4 Å². The smallest absolute Gasteiger partial charge is 0.248 e. The Morgan fingerprint density at radius 2 is 2.05 bits per heavy atom. The van der Waals surface area contributed by atoms with Gasteiger partial charge >= 0.3 is 0 Å². The summed E-state index contributed by atoms with van der Waals surface area (Å²) in [5.74, 6) is -1.13. The van der Waals surface area contributed by atoms with Crippen molar-refractivity contribution >= 4 is 11.8 Å². The first-order chi connectivity index (χ1) is 8.91. The SMILES string of the molecule is CN(C)C(=O)CCNCc1ccc(C(N)=O)cc1F. The quantitative estimate of drug-likeness (QED) is 0.737. The molecule has 0 unspecified atom stereocenters. The van der Waals surface area contributed by atoms with Crippen molar-refractivity contribution in [3.63, 3.8) is 0 Å². The molecule has 0 aliphatic heterocycles. The first-order valence-electron chi connectivity index (χ1n) is 5.91. The molecule has 0 aromatic heterocycles. The van der Waals surface area contributed by atoms with Gasteiger partial charge in [0.05, 0.1) is 0 Å². The number of benzene rings is 1. The number of carbonyl (C=O) groups excluding carboxylic acids is 2. The third-order valence-corrected chi connectivity index (χ3v) is 2.67. The second-order valence-electron chi connectivity index (χ2n) is 4.39. The second-order valence-corrected chi connectivity index (χ2v) is 4.39. The Bertz CT molecular complexity index is 475. The van der Waals surface area contributed by atoms with Crippen LogP contribution in [0.15, 0.2) is 18.2 Å². The zero-order valence-corrected chi connectivity index (χ0v) is 11.1. The Labute approximate surface area is 111 Å². The lowest BCUT2D eigenvalue weighted by molar-refractivity contribution is -0.128. The highest BCUT2D eigenvalue weighted by Gasteiger charge is 2.07. The highest BCUT2D eigenvalue weighted by Crippen LogP contribution is 2.10. The summed E-state index contributed by atoms with van der Waals surface area (Å²) < 4.78 is 13.6. The van der Waals surface area contributed by atoms with Crippen LogP contribution in [0.4, 0.5) is 4.39 Å². The molecule has 0 aliphatic rings. The average molecular weight is 267 g/mol. The van der Waals surface area contributed by atoms with Crippen LogP contribution in [0.25, 0.3) is 0 Å². The summed E-state index contributed by atoms with van der Waals surface area (Å²) in [5.41, 5.74) is 5.63. The van der Waals surface area contributed by atoms with E-state index < -0.39 is 11.7 Å². The van der Waals surface area contributed by atoms with E-state index in [4.69, 9.17) is 5.73 Å². The molecule has 19 heavy (non-hydrogen) atoms. The molecule has 1 aromatic rings. The lowest BCUT2D eigenvalue weighted by Gasteiger charge is -2.11. The van der Waals surface area contributed by atoms with Gasteiger partial charge in [-0.2, -0.15) is 0 Å². The molecule has 5 nitrogen and oxygen atoms in total. The summed E-state index contributed by atoms with van der Waals surface area (Å²) in [6.45, 7) is 0.764.